The van der Waals surface area contributed by atoms with E-state index >= 15 is 0 Å². The summed E-state index contributed by atoms with van der Waals surface area (Å²) in [6, 6.07) is 7.76. The molecule has 0 saturated carbocycles. The summed E-state index contributed by atoms with van der Waals surface area (Å²) in [6.45, 7) is 0. The van der Waals surface area contributed by atoms with Gasteiger partial charge in [0.05, 0.1) is 12.1 Å². The van der Waals surface area contributed by atoms with Gasteiger partial charge >= 0.3 is 0 Å². The van der Waals surface area contributed by atoms with Gasteiger partial charge in [-0.15, -0.1) is 12.4 Å². The fraction of sp³-hybridized carbons (Fsp3) is 0.333. The summed E-state index contributed by atoms with van der Waals surface area (Å²) in [6.07, 6.45) is 0.324. The maximum Gasteiger partial charge on any atom is 0.0773 e. The zero-order valence-corrected chi connectivity index (χ0v) is 7.42. The molecule has 0 aliphatic heterocycles. The SMILES string of the molecule is Cl.N[C@H]1c2ccccc2C[C@@H]1O. The second-order valence-electron chi connectivity index (χ2n) is 3.00. The predicted molar refractivity (Wildman–Crippen MR) is 50.3 cm³/mol. The van der Waals surface area contributed by atoms with Crippen LogP contribution in [-0.2, 0) is 6.42 Å². The molecule has 0 unspecified atom stereocenters. The largest absolute Gasteiger partial charge is 0.391 e. The van der Waals surface area contributed by atoms with Gasteiger partial charge < -0.3 is 10.8 Å². The average molecular weight is 186 g/mol. The minimum atomic E-state index is -0.382. The van der Waals surface area contributed by atoms with Crippen LogP contribution in [0.1, 0.15) is 17.2 Å². The summed E-state index contributed by atoms with van der Waals surface area (Å²) >= 11 is 0. The highest BCUT2D eigenvalue weighted by molar-refractivity contribution is 5.85. The molecule has 0 bridgehead atoms. The molecule has 1 aromatic carbocycles. The van der Waals surface area contributed by atoms with Gasteiger partial charge in [-0.3, -0.25) is 0 Å². The molecule has 2 rings (SSSR count). The molecular weight excluding hydrogens is 174 g/mol. The highest BCUT2D eigenvalue weighted by Crippen LogP contribution is 2.28. The third kappa shape index (κ3) is 1.33. The molecule has 0 aromatic heterocycles. The van der Waals surface area contributed by atoms with E-state index in [-0.39, 0.29) is 24.6 Å². The molecule has 12 heavy (non-hydrogen) atoms. The van der Waals surface area contributed by atoms with Crippen LogP contribution in [0.15, 0.2) is 24.3 Å². The van der Waals surface area contributed by atoms with Crippen LogP contribution in [0.3, 0.4) is 0 Å². The number of fused-ring (bicyclic) bond motifs is 1. The quantitative estimate of drug-likeness (QED) is 0.634. The van der Waals surface area contributed by atoms with Crippen molar-refractivity contribution in [1.82, 2.24) is 0 Å². The molecule has 3 heteroatoms. The van der Waals surface area contributed by atoms with Gasteiger partial charge in [0, 0.05) is 6.42 Å². The Hall–Kier alpha value is -0.570. The maximum atomic E-state index is 9.39. The first kappa shape index (κ1) is 9.52. The highest BCUT2D eigenvalue weighted by atomic mass is 35.5. The van der Waals surface area contributed by atoms with Gasteiger partial charge in [-0.1, -0.05) is 24.3 Å². The Bertz CT molecular complexity index is 277. The standard InChI is InChI=1S/C9H11NO.ClH/c10-9-7-4-2-1-3-6(7)5-8(9)11;/h1-4,8-9,11H,5,10H2;1H/t8-,9-;/m0./s1. The molecule has 1 aliphatic carbocycles. The molecule has 1 aliphatic rings. The Morgan fingerprint density at radius 1 is 1.33 bits per heavy atom. The number of aliphatic hydroxyl groups excluding tert-OH is 1. The second-order valence-corrected chi connectivity index (χ2v) is 3.00. The first-order valence-corrected chi connectivity index (χ1v) is 3.80. The third-order valence-corrected chi connectivity index (χ3v) is 2.26. The normalized spacial score (nSPS) is 26.2. The molecule has 1 aromatic rings. The van der Waals surface area contributed by atoms with E-state index in [1.54, 1.807) is 0 Å². The van der Waals surface area contributed by atoms with E-state index in [4.69, 9.17) is 5.73 Å². The molecule has 0 spiro atoms. The Kier molecular flexibility index (Phi) is 2.73. The van der Waals surface area contributed by atoms with Crippen LogP contribution in [0.2, 0.25) is 0 Å². The number of hydrogen-bond donors (Lipinski definition) is 2. The topological polar surface area (TPSA) is 46.2 Å². The molecule has 0 heterocycles. The number of nitrogens with two attached hydrogens (primary N) is 1. The van der Waals surface area contributed by atoms with Crippen LogP contribution in [0.5, 0.6) is 0 Å². The van der Waals surface area contributed by atoms with Gasteiger partial charge in [-0.25, -0.2) is 0 Å². The van der Waals surface area contributed by atoms with Crippen molar-refractivity contribution in [3.8, 4) is 0 Å². The van der Waals surface area contributed by atoms with Crippen molar-refractivity contribution in [1.29, 1.82) is 0 Å². The third-order valence-electron chi connectivity index (χ3n) is 2.26. The lowest BCUT2D eigenvalue weighted by molar-refractivity contribution is 0.158. The van der Waals surface area contributed by atoms with E-state index in [1.807, 2.05) is 24.3 Å². The predicted octanol–water partition coefficient (Wildman–Crippen LogP) is 1.03. The number of halogens is 1. The molecule has 3 N–H and O–H groups in total. The summed E-state index contributed by atoms with van der Waals surface area (Å²) in [5, 5.41) is 9.39. The van der Waals surface area contributed by atoms with Crippen molar-refractivity contribution in [2.75, 3.05) is 0 Å². The van der Waals surface area contributed by atoms with Gasteiger partial charge in [0.1, 0.15) is 0 Å². The first-order chi connectivity index (χ1) is 5.29. The first-order valence-electron chi connectivity index (χ1n) is 3.80. The molecular formula is C9H12ClNO. The summed E-state index contributed by atoms with van der Waals surface area (Å²) in [7, 11) is 0. The zero-order chi connectivity index (χ0) is 7.84. The Labute approximate surface area is 77.8 Å². The van der Waals surface area contributed by atoms with Crippen LogP contribution in [0.25, 0.3) is 0 Å². The van der Waals surface area contributed by atoms with Gasteiger partial charge in [-0.2, -0.15) is 0 Å². The zero-order valence-electron chi connectivity index (χ0n) is 6.60. The lowest BCUT2D eigenvalue weighted by Crippen LogP contribution is -2.21. The smallest absolute Gasteiger partial charge is 0.0773 e. The Balaban J connectivity index is 0.000000720. The Morgan fingerprint density at radius 3 is 2.67 bits per heavy atom. The van der Waals surface area contributed by atoms with E-state index in [0.29, 0.717) is 6.42 Å². The molecule has 2 nitrogen and oxygen atoms in total. The fourth-order valence-corrected chi connectivity index (χ4v) is 1.60. The number of hydrogen-bond acceptors (Lipinski definition) is 2. The van der Waals surface area contributed by atoms with Crippen LogP contribution >= 0.6 is 12.4 Å². The minimum absolute atomic E-state index is 0. The molecule has 0 amide bonds. The van der Waals surface area contributed by atoms with Crippen LogP contribution in [0, 0.1) is 0 Å². The van der Waals surface area contributed by atoms with Gasteiger partial charge in [0.15, 0.2) is 0 Å². The van der Waals surface area contributed by atoms with E-state index in [1.165, 1.54) is 5.56 Å². The number of aliphatic hydroxyl groups is 1. The van der Waals surface area contributed by atoms with Crippen LogP contribution in [0.4, 0.5) is 0 Å². The highest BCUT2D eigenvalue weighted by Gasteiger charge is 2.26. The number of benzene rings is 1. The minimum Gasteiger partial charge on any atom is -0.391 e. The van der Waals surface area contributed by atoms with E-state index in [0.717, 1.165) is 5.56 Å². The van der Waals surface area contributed by atoms with E-state index < -0.39 is 0 Å². The molecule has 2 atom stereocenters. The van der Waals surface area contributed by atoms with Gasteiger partial charge in [0.25, 0.3) is 0 Å². The van der Waals surface area contributed by atoms with Gasteiger partial charge in [-0.05, 0) is 11.1 Å². The summed E-state index contributed by atoms with van der Waals surface area (Å²) in [5.41, 5.74) is 8.02. The van der Waals surface area contributed by atoms with Crippen molar-refractivity contribution in [2.24, 2.45) is 5.73 Å². The van der Waals surface area contributed by atoms with E-state index in [2.05, 4.69) is 0 Å². The lowest BCUT2D eigenvalue weighted by Gasteiger charge is -2.07. The van der Waals surface area contributed by atoms with Crippen molar-refractivity contribution < 1.29 is 5.11 Å². The number of rotatable bonds is 0. The van der Waals surface area contributed by atoms with E-state index in [9.17, 15) is 5.11 Å². The summed E-state index contributed by atoms with van der Waals surface area (Å²) in [4.78, 5) is 0. The Morgan fingerprint density at radius 2 is 2.00 bits per heavy atom. The average Bonchev–Trinajstić information content (AvgIpc) is 2.30. The monoisotopic (exact) mass is 185 g/mol. The molecule has 0 fully saturated rings. The van der Waals surface area contributed by atoms with Crippen molar-refractivity contribution >= 4 is 12.4 Å². The van der Waals surface area contributed by atoms with Crippen LogP contribution in [-0.4, -0.2) is 11.2 Å². The van der Waals surface area contributed by atoms with Crippen molar-refractivity contribution in [3.05, 3.63) is 35.4 Å². The lowest BCUT2D eigenvalue weighted by atomic mass is 10.1. The van der Waals surface area contributed by atoms with Crippen molar-refractivity contribution in [3.63, 3.8) is 0 Å². The van der Waals surface area contributed by atoms with Crippen LogP contribution < -0.4 is 5.73 Å². The summed E-state index contributed by atoms with van der Waals surface area (Å²) in [5.74, 6) is 0. The molecule has 66 valence electrons. The van der Waals surface area contributed by atoms with Gasteiger partial charge in [0.2, 0.25) is 0 Å². The molecule has 0 saturated heterocycles. The fourth-order valence-electron chi connectivity index (χ4n) is 1.60. The maximum absolute atomic E-state index is 9.39. The summed E-state index contributed by atoms with van der Waals surface area (Å²) < 4.78 is 0. The van der Waals surface area contributed by atoms with Crippen molar-refractivity contribution in [2.45, 2.75) is 18.6 Å². The second kappa shape index (κ2) is 3.44. The molecule has 0 radical (unpaired) electrons.